The van der Waals surface area contributed by atoms with Crippen LogP contribution in [0.4, 0.5) is 0 Å². The second-order valence-electron chi connectivity index (χ2n) is 2.81. The molecule has 1 nitrogen and oxygen atoms in total. The third-order valence-electron chi connectivity index (χ3n) is 1.77. The average molecular weight is 195 g/mol. The van der Waals surface area contributed by atoms with Crippen LogP contribution in [-0.4, -0.2) is 6.04 Å². The van der Waals surface area contributed by atoms with Crippen LogP contribution in [0, 0.1) is 5.92 Å². The summed E-state index contributed by atoms with van der Waals surface area (Å²) in [6, 6.07) is 0.365. The third kappa shape index (κ3) is 7.66. The molecule has 0 aromatic rings. The summed E-state index contributed by atoms with van der Waals surface area (Å²) >= 11 is 0. The Hall–Kier alpha value is -0.980. The Balaban J connectivity index is 0. The van der Waals surface area contributed by atoms with E-state index in [0.717, 1.165) is 0 Å². The van der Waals surface area contributed by atoms with Gasteiger partial charge < -0.3 is 5.32 Å². The smallest absolute Gasteiger partial charge is 0.0498 e. The van der Waals surface area contributed by atoms with E-state index in [1.54, 1.807) is 6.20 Å². The Morgan fingerprint density at radius 2 is 1.57 bits per heavy atom. The topological polar surface area (TPSA) is 12.0 Å². The Kier molecular flexibility index (Phi) is 13.3. The van der Waals surface area contributed by atoms with E-state index in [2.05, 4.69) is 43.1 Å². The number of nitrogens with one attached hydrogen (secondary N) is 1. The van der Waals surface area contributed by atoms with Crippen molar-refractivity contribution in [2.24, 2.45) is 5.92 Å². The van der Waals surface area contributed by atoms with Crippen LogP contribution in [0.5, 0.6) is 0 Å². The van der Waals surface area contributed by atoms with E-state index < -0.39 is 0 Å². The maximum Gasteiger partial charge on any atom is 0.0498 e. The fourth-order valence-corrected chi connectivity index (χ4v) is 1.15. The molecule has 0 aliphatic heterocycles. The lowest BCUT2D eigenvalue weighted by Crippen LogP contribution is -2.27. The molecule has 0 aromatic heterocycles. The van der Waals surface area contributed by atoms with Gasteiger partial charge in [-0.3, -0.25) is 0 Å². The number of hydrogen-bond donors (Lipinski definition) is 1. The zero-order chi connectivity index (χ0) is 11.4. The van der Waals surface area contributed by atoms with Crippen molar-refractivity contribution in [1.29, 1.82) is 0 Å². The highest BCUT2D eigenvalue weighted by Gasteiger charge is 2.07. The van der Waals surface area contributed by atoms with E-state index in [-0.39, 0.29) is 0 Å². The summed E-state index contributed by atoms with van der Waals surface area (Å²) in [5.41, 5.74) is 0. The van der Waals surface area contributed by atoms with Gasteiger partial charge in [0.05, 0.1) is 0 Å². The van der Waals surface area contributed by atoms with Crippen molar-refractivity contribution in [3.63, 3.8) is 0 Å². The van der Waals surface area contributed by atoms with Crippen LogP contribution >= 0.6 is 0 Å². The van der Waals surface area contributed by atoms with Gasteiger partial charge in [0.2, 0.25) is 0 Å². The van der Waals surface area contributed by atoms with Gasteiger partial charge in [-0.15, -0.1) is 0 Å². The van der Waals surface area contributed by atoms with Crippen LogP contribution in [0.25, 0.3) is 0 Å². The van der Waals surface area contributed by atoms with Gasteiger partial charge in [0, 0.05) is 6.04 Å². The monoisotopic (exact) mass is 195 g/mol. The second kappa shape index (κ2) is 12.0. The van der Waals surface area contributed by atoms with Crippen molar-refractivity contribution in [2.45, 2.75) is 40.7 Å². The molecule has 0 saturated heterocycles. The fraction of sp³-hybridized carbons (Fsp3) is 0.538. The van der Waals surface area contributed by atoms with Crippen LogP contribution < -0.4 is 5.32 Å². The summed E-state index contributed by atoms with van der Waals surface area (Å²) in [7, 11) is 0. The molecule has 0 heterocycles. The predicted molar refractivity (Wildman–Crippen MR) is 67.3 cm³/mol. The van der Waals surface area contributed by atoms with Gasteiger partial charge in [0.15, 0.2) is 0 Å². The molecule has 0 fully saturated rings. The van der Waals surface area contributed by atoms with Crippen molar-refractivity contribution in [3.8, 4) is 0 Å². The normalized spacial score (nSPS) is 14.6. The maximum absolute atomic E-state index is 3.66. The molecule has 2 unspecified atom stereocenters. The summed E-state index contributed by atoms with van der Waals surface area (Å²) in [6.07, 6.45) is 10.2. The van der Waals surface area contributed by atoms with Gasteiger partial charge in [-0.2, -0.15) is 0 Å². The lowest BCUT2D eigenvalue weighted by atomic mass is 10.0. The molecule has 0 radical (unpaired) electrons. The Morgan fingerprint density at radius 3 is 1.93 bits per heavy atom. The maximum atomic E-state index is 3.66. The van der Waals surface area contributed by atoms with Crippen molar-refractivity contribution < 1.29 is 0 Å². The molecule has 1 heteroatoms. The second-order valence-corrected chi connectivity index (χ2v) is 2.81. The highest BCUT2D eigenvalue weighted by Crippen LogP contribution is 2.06. The summed E-state index contributed by atoms with van der Waals surface area (Å²) in [6.45, 7) is 13.9. The molecule has 0 amide bonds. The summed E-state index contributed by atoms with van der Waals surface area (Å²) in [4.78, 5) is 0. The highest BCUT2D eigenvalue weighted by molar-refractivity contribution is 5.02. The standard InChI is InChI=1S/C11H19N.C2H6/c1-5-8-10(4)11(9-6-2)12-7-3;1-2/h5-12H,3H2,1-2,4H3;1-2H3/b8-5-,9-6-;. The van der Waals surface area contributed by atoms with E-state index in [9.17, 15) is 0 Å². The van der Waals surface area contributed by atoms with Gasteiger partial charge in [-0.25, -0.2) is 0 Å². The fourth-order valence-electron chi connectivity index (χ4n) is 1.15. The third-order valence-corrected chi connectivity index (χ3v) is 1.77. The van der Waals surface area contributed by atoms with Crippen LogP contribution in [0.15, 0.2) is 37.1 Å². The molecule has 2 atom stereocenters. The van der Waals surface area contributed by atoms with Crippen molar-refractivity contribution in [3.05, 3.63) is 37.1 Å². The Morgan fingerprint density at radius 1 is 1.07 bits per heavy atom. The quantitative estimate of drug-likeness (QED) is 0.656. The lowest BCUT2D eigenvalue weighted by Gasteiger charge is -2.17. The molecular weight excluding hydrogens is 170 g/mol. The molecule has 82 valence electrons. The minimum absolute atomic E-state index is 0.365. The summed E-state index contributed by atoms with van der Waals surface area (Å²) < 4.78 is 0. The van der Waals surface area contributed by atoms with Crippen LogP contribution in [0.3, 0.4) is 0 Å². The molecule has 1 N–H and O–H groups in total. The van der Waals surface area contributed by atoms with Crippen molar-refractivity contribution in [1.82, 2.24) is 5.32 Å². The number of rotatable bonds is 5. The largest absolute Gasteiger partial charge is 0.385 e. The minimum Gasteiger partial charge on any atom is -0.385 e. The molecule has 0 aliphatic rings. The molecule has 0 rings (SSSR count). The Labute approximate surface area is 89.6 Å². The summed E-state index contributed by atoms with van der Waals surface area (Å²) in [5, 5.41) is 3.19. The van der Waals surface area contributed by atoms with Gasteiger partial charge >= 0.3 is 0 Å². The molecular formula is C13H25N. The van der Waals surface area contributed by atoms with E-state index >= 15 is 0 Å². The predicted octanol–water partition coefficient (Wildman–Crippen LogP) is 3.90. The highest BCUT2D eigenvalue weighted by atomic mass is 14.9. The van der Waals surface area contributed by atoms with Crippen LogP contribution in [0.1, 0.15) is 34.6 Å². The van der Waals surface area contributed by atoms with E-state index in [1.165, 1.54) is 0 Å². The summed E-state index contributed by atoms with van der Waals surface area (Å²) in [5.74, 6) is 0.504. The molecule has 0 bridgehead atoms. The first-order valence-electron chi connectivity index (χ1n) is 5.38. The SMILES string of the molecule is C=CNC(/C=C\C)C(C)/C=C\C.CC. The first kappa shape index (κ1) is 15.5. The van der Waals surface area contributed by atoms with Crippen molar-refractivity contribution in [2.75, 3.05) is 0 Å². The molecule has 0 spiro atoms. The average Bonchev–Trinajstić information content (AvgIpc) is 2.21. The molecule has 0 saturated carbocycles. The van der Waals surface area contributed by atoms with Gasteiger partial charge in [-0.05, 0) is 26.0 Å². The zero-order valence-corrected chi connectivity index (χ0v) is 10.2. The number of hydrogen-bond acceptors (Lipinski definition) is 1. The van der Waals surface area contributed by atoms with E-state index in [4.69, 9.17) is 0 Å². The molecule has 0 aromatic carbocycles. The van der Waals surface area contributed by atoms with Gasteiger partial charge in [0.1, 0.15) is 0 Å². The van der Waals surface area contributed by atoms with Crippen LogP contribution in [-0.2, 0) is 0 Å². The van der Waals surface area contributed by atoms with E-state index in [0.29, 0.717) is 12.0 Å². The first-order chi connectivity index (χ1) is 6.76. The van der Waals surface area contributed by atoms with Crippen LogP contribution in [0.2, 0.25) is 0 Å². The first-order valence-corrected chi connectivity index (χ1v) is 5.38. The zero-order valence-electron chi connectivity index (χ0n) is 10.2. The van der Waals surface area contributed by atoms with E-state index in [1.807, 2.05) is 27.7 Å². The Bertz CT molecular complexity index is 168. The van der Waals surface area contributed by atoms with Gasteiger partial charge in [0.25, 0.3) is 0 Å². The van der Waals surface area contributed by atoms with Gasteiger partial charge in [-0.1, -0.05) is 51.7 Å². The lowest BCUT2D eigenvalue weighted by molar-refractivity contribution is 0.562. The molecule has 14 heavy (non-hydrogen) atoms. The minimum atomic E-state index is 0.365. The number of allylic oxidation sites excluding steroid dienone is 2. The molecule has 0 aliphatic carbocycles. The van der Waals surface area contributed by atoms with Crippen molar-refractivity contribution >= 4 is 0 Å².